The molecule has 0 radical (unpaired) electrons. The first-order valence-corrected chi connectivity index (χ1v) is 5.56. The molecule has 0 bridgehead atoms. The zero-order valence-corrected chi connectivity index (χ0v) is 10.4. The second kappa shape index (κ2) is 6.09. The highest BCUT2D eigenvalue weighted by Crippen LogP contribution is 2.21. The average Bonchev–Trinajstić information content (AvgIpc) is 2.82. The highest BCUT2D eigenvalue weighted by atomic mass is 19.3. The molecule has 1 heterocycles. The van der Waals surface area contributed by atoms with Crippen molar-refractivity contribution in [2.75, 3.05) is 0 Å². The smallest absolute Gasteiger partial charge is 0.387 e. The molecule has 106 valence electrons. The summed E-state index contributed by atoms with van der Waals surface area (Å²) in [6, 6.07) is 5.54. The molecule has 20 heavy (non-hydrogen) atoms. The molecule has 0 spiro atoms. The molecule has 2 aromatic rings. The molecule has 0 fully saturated rings. The number of carbonyl (C=O) groups excluding carboxylic acids is 1. The van der Waals surface area contributed by atoms with Crippen molar-refractivity contribution in [1.82, 2.24) is 10.2 Å². The minimum absolute atomic E-state index is 0.107. The van der Waals surface area contributed by atoms with E-state index >= 15 is 0 Å². The number of para-hydroxylation sites is 1. The van der Waals surface area contributed by atoms with Gasteiger partial charge in [0.15, 0.2) is 6.61 Å². The third-order valence-electron chi connectivity index (χ3n) is 2.22. The van der Waals surface area contributed by atoms with Crippen LogP contribution in [0, 0.1) is 6.92 Å². The maximum Gasteiger partial charge on any atom is 0.387 e. The zero-order chi connectivity index (χ0) is 14.5. The van der Waals surface area contributed by atoms with Crippen molar-refractivity contribution < 1.29 is 27.5 Å². The molecule has 0 unspecified atom stereocenters. The van der Waals surface area contributed by atoms with E-state index in [4.69, 9.17) is 9.15 Å². The summed E-state index contributed by atoms with van der Waals surface area (Å²) >= 11 is 0. The number of nitrogens with zero attached hydrogens (tertiary/aromatic N) is 2. The van der Waals surface area contributed by atoms with Crippen LogP contribution in [-0.2, 0) is 11.3 Å². The van der Waals surface area contributed by atoms with E-state index in [0.717, 1.165) is 0 Å². The highest BCUT2D eigenvalue weighted by Gasteiger charge is 2.17. The Bertz CT molecular complexity index is 601. The van der Waals surface area contributed by atoms with Crippen LogP contribution in [0.2, 0.25) is 0 Å². The van der Waals surface area contributed by atoms with Gasteiger partial charge in [0.2, 0.25) is 5.89 Å². The van der Waals surface area contributed by atoms with E-state index < -0.39 is 12.6 Å². The fourth-order valence-electron chi connectivity index (χ4n) is 1.43. The average molecular weight is 284 g/mol. The third-order valence-corrected chi connectivity index (χ3v) is 2.22. The number of halogens is 2. The molecule has 1 aromatic carbocycles. The number of aromatic nitrogens is 2. The van der Waals surface area contributed by atoms with Gasteiger partial charge in [-0.3, -0.25) is 0 Å². The molecule has 0 atom stereocenters. The molecule has 0 aliphatic rings. The number of alkyl halides is 2. The monoisotopic (exact) mass is 284 g/mol. The molecule has 8 heteroatoms. The third kappa shape index (κ3) is 3.50. The van der Waals surface area contributed by atoms with Crippen LogP contribution < -0.4 is 4.74 Å². The molecule has 0 saturated heterocycles. The van der Waals surface area contributed by atoms with Gasteiger partial charge in [0.1, 0.15) is 11.3 Å². The van der Waals surface area contributed by atoms with Crippen molar-refractivity contribution >= 4 is 5.97 Å². The van der Waals surface area contributed by atoms with E-state index in [9.17, 15) is 13.6 Å². The van der Waals surface area contributed by atoms with Crippen molar-refractivity contribution in [2.45, 2.75) is 20.1 Å². The number of benzene rings is 1. The summed E-state index contributed by atoms with van der Waals surface area (Å²) in [5.74, 6) is -0.632. The molecule has 6 nitrogen and oxygen atoms in total. The first-order valence-electron chi connectivity index (χ1n) is 5.56. The Balaban J connectivity index is 2.05. The minimum atomic E-state index is -3.03. The lowest BCUT2D eigenvalue weighted by Gasteiger charge is -2.09. The molecule has 1 aromatic heterocycles. The molecule has 2 rings (SSSR count). The van der Waals surface area contributed by atoms with Crippen molar-refractivity contribution in [3.63, 3.8) is 0 Å². The summed E-state index contributed by atoms with van der Waals surface area (Å²) in [4.78, 5) is 11.8. The standard InChI is InChI=1S/C12H10F2N2O4/c1-7-15-16-10(19-7)6-18-11(17)8-4-2-3-5-9(8)20-12(13)14/h2-5,12H,6H2,1H3. The van der Waals surface area contributed by atoms with Gasteiger partial charge >= 0.3 is 12.6 Å². The van der Waals surface area contributed by atoms with Crippen molar-refractivity contribution in [3.8, 4) is 5.75 Å². The first kappa shape index (κ1) is 13.9. The van der Waals surface area contributed by atoms with Gasteiger partial charge in [0.25, 0.3) is 5.89 Å². The fourth-order valence-corrected chi connectivity index (χ4v) is 1.43. The molecular weight excluding hydrogens is 274 g/mol. The molecule has 0 saturated carbocycles. The summed E-state index contributed by atoms with van der Waals surface area (Å²) in [6.07, 6.45) is 0. The zero-order valence-electron chi connectivity index (χ0n) is 10.4. The van der Waals surface area contributed by atoms with Gasteiger partial charge < -0.3 is 13.9 Å². The van der Waals surface area contributed by atoms with Crippen LogP contribution >= 0.6 is 0 Å². The lowest BCUT2D eigenvalue weighted by Crippen LogP contribution is -2.10. The maximum absolute atomic E-state index is 12.2. The summed E-state index contributed by atoms with van der Waals surface area (Å²) in [7, 11) is 0. The Morgan fingerprint density at radius 1 is 1.35 bits per heavy atom. The summed E-state index contributed by atoms with van der Waals surface area (Å²) in [5, 5.41) is 7.20. The normalized spacial score (nSPS) is 10.6. The largest absolute Gasteiger partial charge is 0.452 e. The van der Waals surface area contributed by atoms with E-state index in [1.54, 1.807) is 6.92 Å². The van der Waals surface area contributed by atoms with Gasteiger partial charge in [0.05, 0.1) is 0 Å². The Morgan fingerprint density at radius 3 is 2.75 bits per heavy atom. The molecule has 0 aliphatic heterocycles. The van der Waals surface area contributed by atoms with Crippen molar-refractivity contribution in [2.24, 2.45) is 0 Å². The van der Waals surface area contributed by atoms with Crippen LogP contribution in [0.15, 0.2) is 28.7 Å². The van der Waals surface area contributed by atoms with Crippen LogP contribution in [0.5, 0.6) is 5.75 Å². The highest BCUT2D eigenvalue weighted by molar-refractivity contribution is 5.92. The minimum Gasteiger partial charge on any atom is -0.452 e. The van der Waals surface area contributed by atoms with Crippen molar-refractivity contribution in [3.05, 3.63) is 41.6 Å². The van der Waals surface area contributed by atoms with Gasteiger partial charge in [-0.2, -0.15) is 8.78 Å². The number of hydrogen-bond acceptors (Lipinski definition) is 6. The Morgan fingerprint density at radius 2 is 2.10 bits per heavy atom. The van der Waals surface area contributed by atoms with Crippen molar-refractivity contribution in [1.29, 1.82) is 0 Å². The van der Waals surface area contributed by atoms with Gasteiger partial charge in [0, 0.05) is 6.92 Å². The maximum atomic E-state index is 12.2. The Kier molecular flexibility index (Phi) is 4.24. The number of ether oxygens (including phenoxy) is 2. The SMILES string of the molecule is Cc1nnc(COC(=O)c2ccccc2OC(F)F)o1. The second-order valence-electron chi connectivity index (χ2n) is 3.67. The quantitative estimate of drug-likeness (QED) is 0.784. The predicted octanol–water partition coefficient (Wildman–Crippen LogP) is 2.34. The molecular formula is C12H10F2N2O4. The summed E-state index contributed by atoms with van der Waals surface area (Å²) in [6.45, 7) is -1.69. The number of rotatable bonds is 5. The van der Waals surface area contributed by atoms with Gasteiger partial charge in [-0.05, 0) is 12.1 Å². The first-order chi connectivity index (χ1) is 9.56. The molecule has 0 amide bonds. The van der Waals surface area contributed by atoms with Crippen LogP contribution in [0.25, 0.3) is 0 Å². The molecule has 0 aliphatic carbocycles. The number of aryl methyl sites for hydroxylation is 1. The van der Waals surface area contributed by atoms with Gasteiger partial charge in [-0.15, -0.1) is 10.2 Å². The summed E-state index contributed by atoms with van der Waals surface area (Å²) < 4.78 is 38.6. The van der Waals surface area contributed by atoms with Gasteiger partial charge in [-0.25, -0.2) is 4.79 Å². The number of esters is 1. The number of hydrogen-bond donors (Lipinski definition) is 0. The summed E-state index contributed by atoms with van der Waals surface area (Å²) in [5.41, 5.74) is -0.107. The topological polar surface area (TPSA) is 74.5 Å². The Hall–Kier alpha value is -2.51. The molecule has 0 N–H and O–H groups in total. The number of carbonyl (C=O) groups is 1. The second-order valence-corrected chi connectivity index (χ2v) is 3.67. The van der Waals surface area contributed by atoms with E-state index in [2.05, 4.69) is 14.9 Å². The lowest BCUT2D eigenvalue weighted by atomic mass is 10.2. The van der Waals surface area contributed by atoms with E-state index in [1.165, 1.54) is 24.3 Å². The van der Waals surface area contributed by atoms with Crippen LogP contribution in [-0.4, -0.2) is 22.8 Å². The van der Waals surface area contributed by atoms with Crippen LogP contribution in [0.1, 0.15) is 22.1 Å². The Labute approximate surface area is 112 Å². The fraction of sp³-hybridized carbons (Fsp3) is 0.250. The van der Waals surface area contributed by atoms with E-state index in [0.29, 0.717) is 5.89 Å². The van der Waals surface area contributed by atoms with Crippen LogP contribution in [0.3, 0.4) is 0 Å². The van der Waals surface area contributed by atoms with Crippen LogP contribution in [0.4, 0.5) is 8.78 Å². The van der Waals surface area contributed by atoms with Gasteiger partial charge in [-0.1, -0.05) is 12.1 Å². The lowest BCUT2D eigenvalue weighted by molar-refractivity contribution is -0.0505. The predicted molar refractivity (Wildman–Crippen MR) is 61.2 cm³/mol. The van der Waals surface area contributed by atoms with E-state index in [-0.39, 0.29) is 23.8 Å². The van der Waals surface area contributed by atoms with E-state index in [1.807, 2.05) is 0 Å².